The molecule has 138 valence electrons. The standard InChI is InChI=1S/C21H18F3N3/c1-13-7-16(9-17(8-13)21(22,23)24)11-27-12-19(15(3)14(2)10-25)18-5-4-6-26-20(18)27/h4-9,12H,11H2,1-3H3/b15-14-. The van der Waals surface area contributed by atoms with E-state index < -0.39 is 11.7 Å². The molecule has 0 unspecified atom stereocenters. The minimum atomic E-state index is -4.38. The number of allylic oxidation sites excluding steroid dienone is 2. The zero-order valence-corrected chi connectivity index (χ0v) is 15.2. The average Bonchev–Trinajstić information content (AvgIpc) is 2.98. The number of hydrogen-bond donors (Lipinski definition) is 0. The molecule has 3 aromatic rings. The topological polar surface area (TPSA) is 41.6 Å². The van der Waals surface area contributed by atoms with E-state index >= 15 is 0 Å². The van der Waals surface area contributed by atoms with Crippen LogP contribution < -0.4 is 0 Å². The van der Waals surface area contributed by atoms with Crippen molar-refractivity contribution in [2.24, 2.45) is 0 Å². The number of hydrogen-bond acceptors (Lipinski definition) is 2. The van der Waals surface area contributed by atoms with Crippen LogP contribution in [0.3, 0.4) is 0 Å². The van der Waals surface area contributed by atoms with E-state index in [0.717, 1.165) is 22.6 Å². The quantitative estimate of drug-likeness (QED) is 0.553. The molecule has 0 spiro atoms. The van der Waals surface area contributed by atoms with Crippen LogP contribution >= 0.6 is 0 Å². The van der Waals surface area contributed by atoms with E-state index in [1.54, 1.807) is 32.2 Å². The molecule has 0 bridgehead atoms. The molecule has 2 heterocycles. The van der Waals surface area contributed by atoms with Crippen LogP contribution in [-0.2, 0) is 12.7 Å². The first-order valence-corrected chi connectivity index (χ1v) is 8.40. The molecular formula is C21H18F3N3. The third kappa shape index (κ3) is 3.72. The third-order valence-corrected chi connectivity index (χ3v) is 4.59. The number of aryl methyl sites for hydroxylation is 1. The fourth-order valence-corrected chi connectivity index (χ4v) is 3.14. The van der Waals surface area contributed by atoms with Crippen LogP contribution in [0.1, 0.15) is 36.1 Å². The highest BCUT2D eigenvalue weighted by Gasteiger charge is 2.30. The lowest BCUT2D eigenvalue weighted by Gasteiger charge is -2.11. The summed E-state index contributed by atoms with van der Waals surface area (Å²) in [5.41, 5.74) is 3.41. The van der Waals surface area contributed by atoms with E-state index in [2.05, 4.69) is 11.1 Å². The summed E-state index contributed by atoms with van der Waals surface area (Å²) < 4.78 is 41.2. The number of nitrogens with zero attached hydrogens (tertiary/aromatic N) is 3. The van der Waals surface area contributed by atoms with Gasteiger partial charge < -0.3 is 4.57 Å². The van der Waals surface area contributed by atoms with Crippen molar-refractivity contribution in [2.75, 3.05) is 0 Å². The van der Waals surface area contributed by atoms with Gasteiger partial charge in [-0.15, -0.1) is 0 Å². The molecule has 0 atom stereocenters. The van der Waals surface area contributed by atoms with Gasteiger partial charge in [0, 0.05) is 35.5 Å². The summed E-state index contributed by atoms with van der Waals surface area (Å²) in [6, 6.07) is 9.91. The van der Waals surface area contributed by atoms with Crippen molar-refractivity contribution in [2.45, 2.75) is 33.5 Å². The fraction of sp³-hybridized carbons (Fsp3) is 0.238. The Labute approximate surface area is 155 Å². The summed E-state index contributed by atoms with van der Waals surface area (Å²) in [6.07, 6.45) is -0.883. The second kappa shape index (κ2) is 6.92. The molecule has 3 nitrogen and oxygen atoms in total. The highest BCUT2D eigenvalue weighted by molar-refractivity contribution is 5.91. The Hall–Kier alpha value is -3.07. The Morgan fingerprint density at radius 3 is 2.63 bits per heavy atom. The molecule has 0 aliphatic rings. The largest absolute Gasteiger partial charge is 0.416 e. The van der Waals surface area contributed by atoms with Gasteiger partial charge in [-0.05, 0) is 56.2 Å². The fourth-order valence-electron chi connectivity index (χ4n) is 3.14. The number of benzene rings is 1. The van der Waals surface area contributed by atoms with Gasteiger partial charge in [-0.25, -0.2) is 4.98 Å². The molecule has 6 heteroatoms. The van der Waals surface area contributed by atoms with Crippen LogP contribution in [0.25, 0.3) is 16.6 Å². The van der Waals surface area contributed by atoms with Gasteiger partial charge in [0.15, 0.2) is 0 Å². The molecule has 0 N–H and O–H groups in total. The van der Waals surface area contributed by atoms with Crippen molar-refractivity contribution in [1.29, 1.82) is 5.26 Å². The molecule has 0 aliphatic heterocycles. The molecule has 1 aromatic carbocycles. The van der Waals surface area contributed by atoms with E-state index in [0.29, 0.717) is 22.3 Å². The average molecular weight is 369 g/mol. The van der Waals surface area contributed by atoms with E-state index in [1.165, 1.54) is 6.07 Å². The maximum absolute atomic E-state index is 13.1. The zero-order valence-electron chi connectivity index (χ0n) is 15.2. The normalized spacial score (nSPS) is 12.8. The van der Waals surface area contributed by atoms with Gasteiger partial charge >= 0.3 is 6.18 Å². The van der Waals surface area contributed by atoms with Crippen LogP contribution in [0.2, 0.25) is 0 Å². The van der Waals surface area contributed by atoms with Gasteiger partial charge in [0.25, 0.3) is 0 Å². The van der Waals surface area contributed by atoms with Crippen LogP contribution in [0.15, 0.2) is 48.3 Å². The minimum absolute atomic E-state index is 0.261. The molecule has 0 radical (unpaired) electrons. The maximum Gasteiger partial charge on any atom is 0.416 e. The summed E-state index contributed by atoms with van der Waals surface area (Å²) in [4.78, 5) is 4.39. The second-order valence-electron chi connectivity index (χ2n) is 6.61. The molecule has 27 heavy (non-hydrogen) atoms. The number of aromatic nitrogens is 2. The first-order valence-electron chi connectivity index (χ1n) is 8.40. The number of fused-ring (bicyclic) bond motifs is 1. The summed E-state index contributed by atoms with van der Waals surface area (Å²) in [6.45, 7) is 5.51. The minimum Gasteiger partial charge on any atom is -0.327 e. The zero-order chi connectivity index (χ0) is 19.8. The Balaban J connectivity index is 2.12. The van der Waals surface area contributed by atoms with E-state index in [9.17, 15) is 18.4 Å². The van der Waals surface area contributed by atoms with E-state index in [1.807, 2.05) is 23.8 Å². The Morgan fingerprint density at radius 2 is 1.96 bits per heavy atom. The van der Waals surface area contributed by atoms with Gasteiger partial charge in [-0.3, -0.25) is 0 Å². The lowest BCUT2D eigenvalue weighted by Crippen LogP contribution is -2.07. The predicted molar refractivity (Wildman–Crippen MR) is 98.9 cm³/mol. The number of pyridine rings is 1. The molecule has 0 aliphatic carbocycles. The van der Waals surface area contributed by atoms with E-state index in [4.69, 9.17) is 0 Å². The second-order valence-corrected chi connectivity index (χ2v) is 6.61. The monoisotopic (exact) mass is 369 g/mol. The van der Waals surface area contributed by atoms with Crippen LogP contribution in [0, 0.1) is 18.3 Å². The Morgan fingerprint density at radius 1 is 1.22 bits per heavy atom. The SMILES string of the molecule is C/C(C#N)=C(\C)c1cn(Cc2cc(C)cc(C(F)(F)F)c2)c2ncccc12. The predicted octanol–water partition coefficient (Wildman–Crippen LogP) is 5.73. The molecule has 3 rings (SSSR count). The van der Waals surface area contributed by atoms with Crippen molar-refractivity contribution in [3.8, 4) is 6.07 Å². The molecular weight excluding hydrogens is 351 g/mol. The summed E-state index contributed by atoms with van der Waals surface area (Å²) in [5.74, 6) is 0. The van der Waals surface area contributed by atoms with Crippen LogP contribution in [0.4, 0.5) is 13.2 Å². The van der Waals surface area contributed by atoms with Crippen molar-refractivity contribution >= 4 is 16.6 Å². The number of nitriles is 1. The van der Waals surface area contributed by atoms with Crippen LogP contribution in [0.5, 0.6) is 0 Å². The van der Waals surface area contributed by atoms with Gasteiger partial charge in [-0.1, -0.05) is 11.6 Å². The first-order chi connectivity index (χ1) is 12.7. The van der Waals surface area contributed by atoms with Crippen molar-refractivity contribution in [1.82, 2.24) is 9.55 Å². The summed E-state index contributed by atoms with van der Waals surface area (Å²) in [5, 5.41) is 10.0. The lowest BCUT2D eigenvalue weighted by molar-refractivity contribution is -0.137. The smallest absolute Gasteiger partial charge is 0.327 e. The van der Waals surface area contributed by atoms with Crippen molar-refractivity contribution < 1.29 is 13.2 Å². The highest BCUT2D eigenvalue weighted by atomic mass is 19.4. The molecule has 0 amide bonds. The molecule has 0 saturated carbocycles. The van der Waals surface area contributed by atoms with Crippen molar-refractivity contribution in [3.05, 3.63) is 70.6 Å². The lowest BCUT2D eigenvalue weighted by atomic mass is 10.0. The van der Waals surface area contributed by atoms with Gasteiger partial charge in [0.1, 0.15) is 5.65 Å². The first kappa shape index (κ1) is 18.7. The maximum atomic E-state index is 13.1. The van der Waals surface area contributed by atoms with Gasteiger partial charge in [0.2, 0.25) is 0 Å². The molecule has 2 aromatic heterocycles. The van der Waals surface area contributed by atoms with Crippen molar-refractivity contribution in [3.63, 3.8) is 0 Å². The number of halogens is 3. The molecule has 0 fully saturated rings. The Kier molecular flexibility index (Phi) is 4.79. The van der Waals surface area contributed by atoms with Crippen LogP contribution in [-0.4, -0.2) is 9.55 Å². The summed E-state index contributed by atoms with van der Waals surface area (Å²) in [7, 11) is 0. The van der Waals surface area contributed by atoms with E-state index in [-0.39, 0.29) is 6.54 Å². The van der Waals surface area contributed by atoms with Gasteiger partial charge in [0.05, 0.1) is 11.6 Å². The summed E-state index contributed by atoms with van der Waals surface area (Å²) >= 11 is 0. The third-order valence-electron chi connectivity index (χ3n) is 4.59. The highest BCUT2D eigenvalue weighted by Crippen LogP contribution is 2.32. The number of alkyl halides is 3. The molecule has 0 saturated heterocycles. The Bertz CT molecular complexity index is 1080. The number of rotatable bonds is 3. The van der Waals surface area contributed by atoms with Gasteiger partial charge in [-0.2, -0.15) is 18.4 Å².